The quantitative estimate of drug-likeness (QED) is 0.691. The van der Waals surface area contributed by atoms with Crippen molar-refractivity contribution in [2.45, 2.75) is 13.8 Å². The lowest BCUT2D eigenvalue weighted by Crippen LogP contribution is -2.49. The molecule has 0 unspecified atom stereocenters. The Hall–Kier alpha value is -2.61. The predicted molar refractivity (Wildman–Crippen MR) is 107 cm³/mol. The molecular weight excluding hydrogens is 362 g/mol. The minimum absolute atomic E-state index is 0.0535. The van der Waals surface area contributed by atoms with E-state index in [1.807, 2.05) is 44.0 Å². The van der Waals surface area contributed by atoms with Crippen molar-refractivity contribution in [2.75, 3.05) is 37.7 Å². The average Bonchev–Trinajstić information content (AvgIpc) is 3.24. The predicted octanol–water partition coefficient (Wildman–Crippen LogP) is 2.70. The van der Waals surface area contributed by atoms with Gasteiger partial charge in [-0.2, -0.15) is 5.10 Å². The molecule has 7 nitrogen and oxygen atoms in total. The molecule has 0 radical (unpaired) electrons. The van der Waals surface area contributed by atoms with Crippen LogP contribution in [-0.2, 0) is 7.05 Å². The van der Waals surface area contributed by atoms with Gasteiger partial charge in [0.1, 0.15) is 11.4 Å². The van der Waals surface area contributed by atoms with E-state index in [2.05, 4.69) is 10.00 Å². The molecule has 2 aromatic heterocycles. The number of carbonyl (C=O) groups is 1. The van der Waals surface area contributed by atoms with Crippen LogP contribution in [0, 0.1) is 6.92 Å². The van der Waals surface area contributed by atoms with Crippen LogP contribution in [0.5, 0.6) is 5.75 Å². The van der Waals surface area contributed by atoms with Crippen molar-refractivity contribution in [1.82, 2.24) is 19.7 Å². The van der Waals surface area contributed by atoms with Gasteiger partial charge in [-0.3, -0.25) is 9.48 Å². The Labute approximate surface area is 162 Å². The molecule has 1 aromatic carbocycles. The van der Waals surface area contributed by atoms with Crippen LogP contribution in [0.1, 0.15) is 23.0 Å². The maximum Gasteiger partial charge on any atom is 0.272 e. The summed E-state index contributed by atoms with van der Waals surface area (Å²) >= 11 is 1.67. The molecular formula is C19H23N5O2S. The van der Waals surface area contributed by atoms with E-state index in [4.69, 9.17) is 9.72 Å². The van der Waals surface area contributed by atoms with Gasteiger partial charge < -0.3 is 14.5 Å². The van der Waals surface area contributed by atoms with Crippen molar-refractivity contribution >= 4 is 32.6 Å². The molecule has 0 atom stereocenters. The van der Waals surface area contributed by atoms with E-state index in [0.29, 0.717) is 25.4 Å². The van der Waals surface area contributed by atoms with E-state index in [0.717, 1.165) is 39.8 Å². The number of aromatic nitrogens is 3. The molecule has 1 saturated heterocycles. The van der Waals surface area contributed by atoms with E-state index in [-0.39, 0.29) is 5.91 Å². The minimum Gasteiger partial charge on any atom is -0.494 e. The second-order valence-corrected chi connectivity index (χ2v) is 7.65. The van der Waals surface area contributed by atoms with Crippen LogP contribution in [0.4, 0.5) is 5.13 Å². The van der Waals surface area contributed by atoms with Crippen LogP contribution in [0.2, 0.25) is 0 Å². The molecule has 3 aromatic rings. The highest BCUT2D eigenvalue weighted by atomic mass is 32.1. The van der Waals surface area contributed by atoms with E-state index >= 15 is 0 Å². The summed E-state index contributed by atoms with van der Waals surface area (Å²) < 4.78 is 8.36. The first-order valence-corrected chi connectivity index (χ1v) is 9.94. The molecule has 142 valence electrons. The van der Waals surface area contributed by atoms with Crippen molar-refractivity contribution in [3.8, 4) is 5.75 Å². The van der Waals surface area contributed by atoms with E-state index < -0.39 is 0 Å². The first-order valence-electron chi connectivity index (χ1n) is 9.13. The number of carbonyl (C=O) groups excluding carboxylic acids is 1. The molecule has 0 N–H and O–H groups in total. The molecule has 1 fully saturated rings. The summed E-state index contributed by atoms with van der Waals surface area (Å²) in [4.78, 5) is 21.7. The van der Waals surface area contributed by atoms with Crippen molar-refractivity contribution in [1.29, 1.82) is 0 Å². The average molecular weight is 385 g/mol. The zero-order chi connectivity index (χ0) is 19.0. The van der Waals surface area contributed by atoms with Crippen LogP contribution in [-0.4, -0.2) is 58.4 Å². The third-order valence-corrected chi connectivity index (χ3v) is 5.90. The summed E-state index contributed by atoms with van der Waals surface area (Å²) in [6.45, 7) is 7.49. The van der Waals surface area contributed by atoms with Crippen LogP contribution >= 0.6 is 11.3 Å². The number of aryl methyl sites for hydroxylation is 2. The monoisotopic (exact) mass is 385 g/mol. The summed E-state index contributed by atoms with van der Waals surface area (Å²) in [6, 6.07) is 6.01. The lowest BCUT2D eigenvalue weighted by Gasteiger charge is -2.34. The van der Waals surface area contributed by atoms with Crippen molar-refractivity contribution in [3.63, 3.8) is 0 Å². The van der Waals surface area contributed by atoms with Crippen LogP contribution < -0.4 is 9.64 Å². The van der Waals surface area contributed by atoms with Gasteiger partial charge in [-0.15, -0.1) is 0 Å². The van der Waals surface area contributed by atoms with Crippen LogP contribution in [0.25, 0.3) is 10.2 Å². The van der Waals surface area contributed by atoms with Gasteiger partial charge in [0.15, 0.2) is 5.13 Å². The number of hydrogen-bond donors (Lipinski definition) is 0. The van der Waals surface area contributed by atoms with Gasteiger partial charge in [0.05, 0.1) is 23.0 Å². The van der Waals surface area contributed by atoms with Gasteiger partial charge in [0.25, 0.3) is 5.91 Å². The maximum absolute atomic E-state index is 12.8. The number of nitrogens with zero attached hydrogens (tertiary/aromatic N) is 5. The number of anilines is 1. The Morgan fingerprint density at radius 1 is 1.26 bits per heavy atom. The summed E-state index contributed by atoms with van der Waals surface area (Å²) in [5.74, 6) is 0.931. The van der Waals surface area contributed by atoms with E-state index in [9.17, 15) is 4.79 Å². The van der Waals surface area contributed by atoms with Gasteiger partial charge >= 0.3 is 0 Å². The molecule has 8 heteroatoms. The second-order valence-electron chi connectivity index (χ2n) is 6.64. The number of rotatable bonds is 4. The number of amides is 1. The largest absolute Gasteiger partial charge is 0.494 e. The molecule has 0 bridgehead atoms. The van der Waals surface area contributed by atoms with Crippen LogP contribution in [0.3, 0.4) is 0 Å². The SMILES string of the molecule is CCOc1ccc2nc(N3CCN(C(=O)c4c(C)cnn4C)CC3)sc2c1. The zero-order valence-electron chi connectivity index (χ0n) is 15.8. The fraction of sp³-hybridized carbons (Fsp3) is 0.421. The number of benzene rings is 1. The first kappa shape index (κ1) is 17.8. The van der Waals surface area contributed by atoms with Gasteiger partial charge in [-0.05, 0) is 37.6 Å². The van der Waals surface area contributed by atoms with Gasteiger partial charge in [0.2, 0.25) is 0 Å². The number of piperazine rings is 1. The third kappa shape index (κ3) is 3.37. The molecule has 27 heavy (non-hydrogen) atoms. The summed E-state index contributed by atoms with van der Waals surface area (Å²) in [5, 5.41) is 5.18. The zero-order valence-corrected chi connectivity index (χ0v) is 16.6. The number of hydrogen-bond acceptors (Lipinski definition) is 6. The third-order valence-electron chi connectivity index (χ3n) is 4.82. The highest BCUT2D eigenvalue weighted by Gasteiger charge is 2.26. The van der Waals surface area contributed by atoms with E-state index in [1.54, 1.807) is 22.2 Å². The fourth-order valence-electron chi connectivity index (χ4n) is 3.39. The van der Waals surface area contributed by atoms with Crippen molar-refractivity contribution < 1.29 is 9.53 Å². The van der Waals surface area contributed by atoms with E-state index in [1.165, 1.54) is 0 Å². The van der Waals surface area contributed by atoms with Crippen LogP contribution in [0.15, 0.2) is 24.4 Å². The first-order chi connectivity index (χ1) is 13.1. The molecule has 3 heterocycles. The Morgan fingerprint density at radius 2 is 2.04 bits per heavy atom. The molecule has 1 aliphatic rings. The Kier molecular flexibility index (Phi) is 4.73. The normalized spacial score (nSPS) is 14.8. The molecule has 1 aliphatic heterocycles. The fourth-order valence-corrected chi connectivity index (χ4v) is 4.44. The lowest BCUT2D eigenvalue weighted by atomic mass is 10.2. The lowest BCUT2D eigenvalue weighted by molar-refractivity contribution is 0.0735. The minimum atomic E-state index is 0.0535. The summed E-state index contributed by atoms with van der Waals surface area (Å²) in [5.41, 5.74) is 2.58. The summed E-state index contributed by atoms with van der Waals surface area (Å²) in [7, 11) is 1.81. The Bertz CT molecular complexity index is 952. The Morgan fingerprint density at radius 3 is 2.70 bits per heavy atom. The van der Waals surface area contributed by atoms with Gasteiger partial charge in [0, 0.05) is 33.2 Å². The van der Waals surface area contributed by atoms with Crippen molar-refractivity contribution in [3.05, 3.63) is 35.7 Å². The number of ether oxygens (including phenoxy) is 1. The number of thiazole rings is 1. The summed E-state index contributed by atoms with van der Waals surface area (Å²) in [6.07, 6.45) is 1.74. The maximum atomic E-state index is 12.8. The molecule has 4 rings (SSSR count). The van der Waals surface area contributed by atoms with Gasteiger partial charge in [-0.25, -0.2) is 4.98 Å². The standard InChI is InChI=1S/C19H23N5O2S/c1-4-26-14-5-6-15-16(11-14)27-19(21-15)24-9-7-23(8-10-24)18(25)17-13(2)12-20-22(17)3/h5-6,11-12H,4,7-10H2,1-3H3. The second kappa shape index (κ2) is 7.19. The van der Waals surface area contributed by atoms with Crippen molar-refractivity contribution in [2.24, 2.45) is 7.05 Å². The number of fused-ring (bicyclic) bond motifs is 1. The molecule has 0 spiro atoms. The Balaban J connectivity index is 1.46. The molecule has 1 amide bonds. The topological polar surface area (TPSA) is 63.5 Å². The van der Waals surface area contributed by atoms with Gasteiger partial charge in [-0.1, -0.05) is 11.3 Å². The molecule has 0 saturated carbocycles. The highest BCUT2D eigenvalue weighted by Crippen LogP contribution is 2.32. The highest BCUT2D eigenvalue weighted by molar-refractivity contribution is 7.22. The smallest absolute Gasteiger partial charge is 0.272 e. The molecule has 0 aliphatic carbocycles.